The second kappa shape index (κ2) is 8.42. The van der Waals surface area contributed by atoms with Gasteiger partial charge in [-0.2, -0.15) is 5.10 Å². The van der Waals surface area contributed by atoms with Crippen molar-refractivity contribution in [2.75, 3.05) is 13.6 Å². The predicted molar refractivity (Wildman–Crippen MR) is 93.4 cm³/mol. The fourth-order valence-corrected chi connectivity index (χ4v) is 2.05. The lowest BCUT2D eigenvalue weighted by Gasteiger charge is -2.11. The first kappa shape index (κ1) is 19.6. The topological polar surface area (TPSA) is 102 Å². The fraction of sp³-hybridized carbons (Fsp3) is 0.333. The molecule has 0 bridgehead atoms. The van der Waals surface area contributed by atoms with E-state index in [0.717, 1.165) is 0 Å². The Labute approximate surface area is 145 Å². The van der Waals surface area contributed by atoms with Crippen LogP contribution in [0.15, 0.2) is 30.5 Å². The lowest BCUT2D eigenvalue weighted by molar-refractivity contribution is -0.384. The van der Waals surface area contributed by atoms with Crippen LogP contribution in [0.25, 0.3) is 11.3 Å². The average Bonchev–Trinajstić information content (AvgIpc) is 2.94. The summed E-state index contributed by atoms with van der Waals surface area (Å²) in [5, 5.41) is 20.9. The number of carbonyl (C=O) groups is 1. The van der Waals surface area contributed by atoms with Gasteiger partial charge in [0.25, 0.3) is 11.6 Å². The van der Waals surface area contributed by atoms with Crippen molar-refractivity contribution >= 4 is 24.0 Å². The van der Waals surface area contributed by atoms with Crippen molar-refractivity contribution in [3.8, 4) is 11.3 Å². The summed E-state index contributed by atoms with van der Waals surface area (Å²) in [6.45, 7) is 2.45. The molecule has 9 heteroatoms. The minimum Gasteiger partial charge on any atom is -0.350 e. The number of halogens is 1. The van der Waals surface area contributed by atoms with Crippen LogP contribution < -0.4 is 10.6 Å². The van der Waals surface area contributed by atoms with Crippen LogP contribution in [-0.4, -0.2) is 40.2 Å². The van der Waals surface area contributed by atoms with Crippen LogP contribution in [0.5, 0.6) is 0 Å². The van der Waals surface area contributed by atoms with Crippen LogP contribution in [0, 0.1) is 10.1 Å². The molecule has 1 unspecified atom stereocenters. The van der Waals surface area contributed by atoms with Gasteiger partial charge in [0.1, 0.15) is 5.69 Å². The quantitative estimate of drug-likeness (QED) is 0.608. The third kappa shape index (κ3) is 4.53. The fourth-order valence-electron chi connectivity index (χ4n) is 2.05. The van der Waals surface area contributed by atoms with E-state index in [1.165, 1.54) is 12.1 Å². The van der Waals surface area contributed by atoms with Gasteiger partial charge in [0, 0.05) is 43.5 Å². The first-order chi connectivity index (χ1) is 10.9. The molecule has 24 heavy (non-hydrogen) atoms. The van der Waals surface area contributed by atoms with Gasteiger partial charge >= 0.3 is 0 Å². The van der Waals surface area contributed by atoms with Crippen molar-refractivity contribution in [3.05, 3.63) is 46.1 Å². The number of amides is 1. The van der Waals surface area contributed by atoms with Crippen LogP contribution in [0.3, 0.4) is 0 Å². The number of hydrogen-bond acceptors (Lipinski definition) is 5. The molecule has 0 aliphatic heterocycles. The number of aromatic nitrogens is 2. The van der Waals surface area contributed by atoms with E-state index < -0.39 is 4.92 Å². The Balaban J connectivity index is 0.00000288. The summed E-state index contributed by atoms with van der Waals surface area (Å²) in [7, 11) is 3.55. The molecular formula is C15H20ClN5O3. The summed E-state index contributed by atoms with van der Waals surface area (Å²) in [5.41, 5.74) is 1.59. The van der Waals surface area contributed by atoms with Crippen LogP contribution in [0.1, 0.15) is 17.3 Å². The Hall–Kier alpha value is -2.45. The molecule has 1 heterocycles. The second-order valence-electron chi connectivity index (χ2n) is 5.27. The number of hydrogen-bond donors (Lipinski definition) is 2. The Morgan fingerprint density at radius 1 is 1.38 bits per heavy atom. The summed E-state index contributed by atoms with van der Waals surface area (Å²) < 4.78 is 1.55. The zero-order valence-corrected chi connectivity index (χ0v) is 14.5. The van der Waals surface area contributed by atoms with E-state index in [0.29, 0.717) is 23.4 Å². The number of non-ortho nitro benzene ring substituents is 1. The van der Waals surface area contributed by atoms with E-state index in [1.54, 1.807) is 30.1 Å². The molecule has 2 rings (SSSR count). The maximum atomic E-state index is 12.3. The number of benzene rings is 1. The highest BCUT2D eigenvalue weighted by molar-refractivity contribution is 5.99. The number of nitrogens with one attached hydrogen (secondary N) is 2. The maximum absolute atomic E-state index is 12.3. The molecule has 8 nitrogen and oxygen atoms in total. The van der Waals surface area contributed by atoms with E-state index in [-0.39, 0.29) is 30.0 Å². The van der Waals surface area contributed by atoms with Crippen molar-refractivity contribution in [1.29, 1.82) is 0 Å². The number of nitro benzene ring substituents is 1. The summed E-state index contributed by atoms with van der Waals surface area (Å²) in [5.74, 6) is -0.228. The van der Waals surface area contributed by atoms with Gasteiger partial charge in [-0.1, -0.05) is 0 Å². The van der Waals surface area contributed by atoms with E-state index >= 15 is 0 Å². The van der Waals surface area contributed by atoms with Gasteiger partial charge in [0.15, 0.2) is 0 Å². The van der Waals surface area contributed by atoms with Gasteiger partial charge in [0.05, 0.1) is 10.5 Å². The molecule has 130 valence electrons. The monoisotopic (exact) mass is 353 g/mol. The first-order valence-electron chi connectivity index (χ1n) is 7.16. The highest BCUT2D eigenvalue weighted by Gasteiger charge is 2.18. The number of rotatable bonds is 6. The lowest BCUT2D eigenvalue weighted by Crippen LogP contribution is -2.37. The summed E-state index contributed by atoms with van der Waals surface area (Å²) in [6, 6.07) is 6.13. The largest absolute Gasteiger partial charge is 0.350 e. The van der Waals surface area contributed by atoms with Crippen LogP contribution in [0.4, 0.5) is 5.69 Å². The number of nitrogens with zero attached hydrogens (tertiary/aromatic N) is 3. The zero-order chi connectivity index (χ0) is 17.0. The van der Waals surface area contributed by atoms with Crippen molar-refractivity contribution in [2.45, 2.75) is 13.0 Å². The average molecular weight is 354 g/mol. The molecular weight excluding hydrogens is 334 g/mol. The Kier molecular flexibility index (Phi) is 6.87. The number of aryl methyl sites for hydroxylation is 1. The molecule has 1 amide bonds. The maximum Gasteiger partial charge on any atom is 0.269 e. The van der Waals surface area contributed by atoms with E-state index in [4.69, 9.17) is 0 Å². The second-order valence-corrected chi connectivity index (χ2v) is 5.27. The van der Waals surface area contributed by atoms with Crippen molar-refractivity contribution in [3.63, 3.8) is 0 Å². The van der Waals surface area contributed by atoms with Gasteiger partial charge in [-0.25, -0.2) is 0 Å². The first-order valence-corrected chi connectivity index (χ1v) is 7.16. The third-order valence-corrected chi connectivity index (χ3v) is 3.49. The zero-order valence-electron chi connectivity index (χ0n) is 13.6. The van der Waals surface area contributed by atoms with Gasteiger partial charge in [0.2, 0.25) is 0 Å². The van der Waals surface area contributed by atoms with Crippen LogP contribution >= 0.6 is 12.4 Å². The number of carbonyl (C=O) groups excluding carboxylic acids is 1. The van der Waals surface area contributed by atoms with E-state index in [2.05, 4.69) is 15.7 Å². The van der Waals surface area contributed by atoms with E-state index in [1.807, 2.05) is 14.0 Å². The smallest absolute Gasteiger partial charge is 0.269 e. The van der Waals surface area contributed by atoms with Crippen LogP contribution in [0.2, 0.25) is 0 Å². The molecule has 0 aliphatic rings. The molecule has 1 atom stereocenters. The summed E-state index contributed by atoms with van der Waals surface area (Å²) >= 11 is 0. The van der Waals surface area contributed by atoms with Crippen molar-refractivity contribution in [2.24, 2.45) is 7.05 Å². The minimum absolute atomic E-state index is 0. The van der Waals surface area contributed by atoms with Gasteiger partial charge < -0.3 is 10.6 Å². The number of likely N-dealkylation sites (N-methyl/N-ethyl adjacent to an activating group) is 1. The molecule has 0 saturated heterocycles. The van der Waals surface area contributed by atoms with Gasteiger partial charge in [-0.15, -0.1) is 12.4 Å². The molecule has 1 aromatic carbocycles. The summed E-state index contributed by atoms with van der Waals surface area (Å²) in [6.07, 6.45) is 1.64. The molecule has 1 aromatic heterocycles. The Morgan fingerprint density at radius 2 is 2.00 bits per heavy atom. The van der Waals surface area contributed by atoms with Crippen LogP contribution in [-0.2, 0) is 7.05 Å². The lowest BCUT2D eigenvalue weighted by atomic mass is 10.1. The normalized spacial score (nSPS) is 11.5. The molecule has 0 saturated carbocycles. The standard InChI is InChI=1S/C15H19N5O3.ClH/c1-10(16-2)8-17-15(21)13-9-19(3)18-14(13)11-4-6-12(7-5-11)20(22)23;/h4-7,9-10,16H,8H2,1-3H3,(H,17,21);1H. The molecule has 0 aliphatic carbocycles. The SMILES string of the molecule is CNC(C)CNC(=O)c1cn(C)nc1-c1ccc([N+](=O)[O-])cc1.Cl. The highest BCUT2D eigenvalue weighted by atomic mass is 35.5. The molecule has 2 N–H and O–H groups in total. The molecule has 0 spiro atoms. The van der Waals surface area contributed by atoms with Crippen molar-refractivity contribution < 1.29 is 9.72 Å². The molecule has 0 fully saturated rings. The summed E-state index contributed by atoms with van der Waals surface area (Å²) in [4.78, 5) is 22.6. The van der Waals surface area contributed by atoms with Gasteiger partial charge in [-0.05, 0) is 26.1 Å². The Morgan fingerprint density at radius 3 is 2.54 bits per heavy atom. The Bertz CT molecular complexity index is 714. The van der Waals surface area contributed by atoms with E-state index in [9.17, 15) is 14.9 Å². The minimum atomic E-state index is -0.463. The van der Waals surface area contributed by atoms with Crippen molar-refractivity contribution in [1.82, 2.24) is 20.4 Å². The predicted octanol–water partition coefficient (Wildman–Crippen LogP) is 1.75. The molecule has 2 aromatic rings. The number of nitro groups is 1. The third-order valence-electron chi connectivity index (χ3n) is 3.49. The molecule has 0 radical (unpaired) electrons. The highest BCUT2D eigenvalue weighted by Crippen LogP contribution is 2.24. The van der Waals surface area contributed by atoms with Gasteiger partial charge in [-0.3, -0.25) is 19.6 Å².